The molecule has 136 valence electrons. The van der Waals surface area contributed by atoms with Crippen molar-refractivity contribution >= 4 is 5.57 Å². The lowest BCUT2D eigenvalue weighted by atomic mass is 10.0. The fraction of sp³-hybridized carbons (Fsp3) is 0.579. The van der Waals surface area contributed by atoms with Crippen molar-refractivity contribution in [1.29, 1.82) is 0 Å². The predicted octanol–water partition coefficient (Wildman–Crippen LogP) is 2.72. The van der Waals surface area contributed by atoms with Crippen LogP contribution >= 0.6 is 0 Å². The molecule has 1 N–H and O–H groups in total. The van der Waals surface area contributed by atoms with Crippen LogP contribution in [0.5, 0.6) is 0 Å². The van der Waals surface area contributed by atoms with Crippen LogP contribution in [-0.4, -0.2) is 48.5 Å². The van der Waals surface area contributed by atoms with Gasteiger partial charge in [0.05, 0.1) is 25.4 Å². The first-order valence-electron chi connectivity index (χ1n) is 9.20. The maximum Gasteiger partial charge on any atom is 0.123 e. The van der Waals surface area contributed by atoms with Gasteiger partial charge in [-0.3, -0.25) is 9.58 Å². The molecule has 0 bridgehead atoms. The Morgan fingerprint density at radius 1 is 1.32 bits per heavy atom. The van der Waals surface area contributed by atoms with E-state index in [2.05, 4.69) is 45.7 Å². The van der Waals surface area contributed by atoms with Crippen LogP contribution in [0.4, 0.5) is 0 Å². The van der Waals surface area contributed by atoms with Crippen molar-refractivity contribution < 1.29 is 5.11 Å². The van der Waals surface area contributed by atoms with Gasteiger partial charge in [-0.1, -0.05) is 13.0 Å². The summed E-state index contributed by atoms with van der Waals surface area (Å²) < 4.78 is 4.08. The van der Waals surface area contributed by atoms with E-state index < -0.39 is 0 Å². The lowest BCUT2D eigenvalue weighted by molar-refractivity contribution is 0.145. The summed E-state index contributed by atoms with van der Waals surface area (Å²) in [6.07, 6.45) is 11.6. The van der Waals surface area contributed by atoms with Gasteiger partial charge in [-0.15, -0.1) is 0 Å². The minimum absolute atomic E-state index is 0.326. The van der Waals surface area contributed by atoms with Gasteiger partial charge in [0.15, 0.2) is 0 Å². The number of nitrogens with zero attached hydrogens (tertiary/aromatic N) is 5. The average Bonchev–Trinajstić information content (AvgIpc) is 3.25. The molecule has 1 atom stereocenters. The molecule has 1 aliphatic rings. The predicted molar refractivity (Wildman–Crippen MR) is 99.0 cm³/mol. The average molecular weight is 343 g/mol. The van der Waals surface area contributed by atoms with E-state index in [1.165, 1.54) is 11.1 Å². The van der Waals surface area contributed by atoms with E-state index in [1.807, 2.05) is 30.2 Å². The largest absolute Gasteiger partial charge is 0.391 e. The molecule has 2 aromatic rings. The molecule has 0 radical (unpaired) electrons. The molecular formula is C19H29N5O. The highest BCUT2D eigenvalue weighted by atomic mass is 16.3. The molecule has 0 fully saturated rings. The lowest BCUT2D eigenvalue weighted by Crippen LogP contribution is -2.29. The Balaban J connectivity index is 1.60. The SMILES string of the molecule is CC[C@H](O)Cn1cc(C2=CCN(Cc3nccn3C(C)C)CC2)cn1. The molecule has 0 amide bonds. The van der Waals surface area contributed by atoms with Gasteiger partial charge in [-0.2, -0.15) is 5.10 Å². The third-order valence-corrected chi connectivity index (χ3v) is 4.84. The number of hydrogen-bond acceptors (Lipinski definition) is 4. The highest BCUT2D eigenvalue weighted by molar-refractivity contribution is 5.65. The van der Waals surface area contributed by atoms with Crippen molar-refractivity contribution in [2.45, 2.75) is 58.8 Å². The second-order valence-corrected chi connectivity index (χ2v) is 7.07. The minimum atomic E-state index is -0.326. The van der Waals surface area contributed by atoms with E-state index in [1.54, 1.807) is 0 Å². The van der Waals surface area contributed by atoms with Gasteiger partial charge in [-0.05, 0) is 32.3 Å². The van der Waals surface area contributed by atoms with Crippen molar-refractivity contribution in [3.05, 3.63) is 42.3 Å². The zero-order chi connectivity index (χ0) is 17.8. The molecular weight excluding hydrogens is 314 g/mol. The van der Waals surface area contributed by atoms with Crippen LogP contribution in [0, 0.1) is 0 Å². The van der Waals surface area contributed by atoms with Crippen LogP contribution in [0.3, 0.4) is 0 Å². The van der Waals surface area contributed by atoms with E-state index >= 15 is 0 Å². The second kappa shape index (κ2) is 7.97. The van der Waals surface area contributed by atoms with Crippen LogP contribution in [0.15, 0.2) is 30.9 Å². The minimum Gasteiger partial charge on any atom is -0.391 e. The smallest absolute Gasteiger partial charge is 0.123 e. The van der Waals surface area contributed by atoms with Crippen LogP contribution in [0.1, 0.15) is 51.0 Å². The fourth-order valence-corrected chi connectivity index (χ4v) is 3.23. The molecule has 0 saturated carbocycles. The summed E-state index contributed by atoms with van der Waals surface area (Å²) in [6, 6.07) is 0.442. The number of rotatable bonds is 7. The summed E-state index contributed by atoms with van der Waals surface area (Å²) in [5.41, 5.74) is 2.52. The van der Waals surface area contributed by atoms with Crippen molar-refractivity contribution in [3.8, 4) is 0 Å². The van der Waals surface area contributed by atoms with Gasteiger partial charge in [0.25, 0.3) is 0 Å². The van der Waals surface area contributed by atoms with Crippen molar-refractivity contribution in [3.63, 3.8) is 0 Å². The summed E-state index contributed by atoms with van der Waals surface area (Å²) in [4.78, 5) is 6.94. The number of imidazole rings is 1. The van der Waals surface area contributed by atoms with E-state index in [9.17, 15) is 5.11 Å². The van der Waals surface area contributed by atoms with Gasteiger partial charge < -0.3 is 9.67 Å². The van der Waals surface area contributed by atoms with Crippen LogP contribution in [0.25, 0.3) is 5.57 Å². The quantitative estimate of drug-likeness (QED) is 0.840. The first-order chi connectivity index (χ1) is 12.1. The van der Waals surface area contributed by atoms with E-state index in [0.29, 0.717) is 12.6 Å². The molecule has 1 aliphatic heterocycles. The molecule has 25 heavy (non-hydrogen) atoms. The van der Waals surface area contributed by atoms with Gasteiger partial charge >= 0.3 is 0 Å². The third kappa shape index (κ3) is 4.38. The standard InChI is InChI=1S/C19H29N5O/c1-4-18(25)13-23-12-17(11-21-23)16-5-8-22(9-6-16)14-19-20-7-10-24(19)15(2)3/h5,7,10-12,15,18,25H,4,6,8-9,13-14H2,1-3H3/t18-/m0/s1. The maximum absolute atomic E-state index is 9.76. The van der Waals surface area contributed by atoms with E-state index in [0.717, 1.165) is 38.3 Å². The summed E-state index contributed by atoms with van der Waals surface area (Å²) in [5, 5.41) is 14.1. The molecule has 0 spiro atoms. The number of aliphatic hydroxyl groups excluding tert-OH is 1. The van der Waals surface area contributed by atoms with Gasteiger partial charge in [0.1, 0.15) is 5.82 Å². The number of aliphatic hydroxyl groups is 1. The Morgan fingerprint density at radius 2 is 2.16 bits per heavy atom. The monoisotopic (exact) mass is 343 g/mol. The highest BCUT2D eigenvalue weighted by Crippen LogP contribution is 2.23. The molecule has 0 aromatic carbocycles. The second-order valence-electron chi connectivity index (χ2n) is 7.07. The van der Waals surface area contributed by atoms with Crippen LogP contribution in [-0.2, 0) is 13.1 Å². The summed E-state index contributed by atoms with van der Waals surface area (Å²) in [5.74, 6) is 1.13. The molecule has 6 nitrogen and oxygen atoms in total. The molecule has 0 aliphatic carbocycles. The van der Waals surface area contributed by atoms with E-state index in [-0.39, 0.29) is 6.10 Å². The molecule has 2 aromatic heterocycles. The van der Waals surface area contributed by atoms with Gasteiger partial charge in [-0.25, -0.2) is 4.98 Å². The summed E-state index contributed by atoms with van der Waals surface area (Å²) in [6.45, 7) is 9.77. The molecule has 3 rings (SSSR count). The first-order valence-corrected chi connectivity index (χ1v) is 9.20. The Bertz CT molecular complexity index is 715. The lowest BCUT2D eigenvalue weighted by Gasteiger charge is -2.26. The summed E-state index contributed by atoms with van der Waals surface area (Å²) >= 11 is 0. The Hall–Kier alpha value is -1.92. The normalized spacial score (nSPS) is 17.1. The van der Waals surface area contributed by atoms with Crippen LogP contribution < -0.4 is 0 Å². The van der Waals surface area contributed by atoms with Gasteiger partial charge in [0, 0.05) is 43.3 Å². The molecule has 3 heterocycles. The molecule has 0 saturated heterocycles. The topological polar surface area (TPSA) is 59.1 Å². The third-order valence-electron chi connectivity index (χ3n) is 4.84. The van der Waals surface area contributed by atoms with Crippen molar-refractivity contribution in [1.82, 2.24) is 24.2 Å². The Labute approximate surface area is 149 Å². The molecule has 0 unspecified atom stereocenters. The summed E-state index contributed by atoms with van der Waals surface area (Å²) in [7, 11) is 0. The van der Waals surface area contributed by atoms with Gasteiger partial charge in [0.2, 0.25) is 0 Å². The highest BCUT2D eigenvalue weighted by Gasteiger charge is 2.17. The first kappa shape index (κ1) is 17.9. The fourth-order valence-electron chi connectivity index (χ4n) is 3.23. The van der Waals surface area contributed by atoms with Crippen LogP contribution in [0.2, 0.25) is 0 Å². The maximum atomic E-state index is 9.76. The van der Waals surface area contributed by atoms with E-state index in [4.69, 9.17) is 0 Å². The number of aromatic nitrogens is 4. The van der Waals surface area contributed by atoms with Crippen molar-refractivity contribution in [2.75, 3.05) is 13.1 Å². The zero-order valence-electron chi connectivity index (χ0n) is 15.5. The zero-order valence-corrected chi connectivity index (χ0v) is 15.5. The Morgan fingerprint density at radius 3 is 2.84 bits per heavy atom. The number of hydrogen-bond donors (Lipinski definition) is 1. The van der Waals surface area contributed by atoms with Crippen molar-refractivity contribution in [2.24, 2.45) is 0 Å². The Kier molecular flexibility index (Phi) is 5.71. The molecule has 6 heteroatoms.